The Morgan fingerprint density at radius 2 is 1.92 bits per heavy atom. The Kier molecular flexibility index (Phi) is 3.83. The van der Waals surface area contributed by atoms with Gasteiger partial charge in [-0.15, -0.1) is 0 Å². The van der Waals surface area contributed by atoms with Crippen LogP contribution in [-0.4, -0.2) is 28.5 Å². The second-order valence-corrected chi connectivity index (χ2v) is 3.76. The zero-order valence-corrected chi connectivity index (χ0v) is 8.57. The lowest BCUT2D eigenvalue weighted by atomic mass is 10.2. The molecule has 1 aromatic heterocycles. The van der Waals surface area contributed by atoms with Crippen LogP contribution in [0, 0.1) is 5.92 Å². The molecule has 1 rings (SSSR count). The van der Waals surface area contributed by atoms with Crippen molar-refractivity contribution in [3.8, 4) is 0 Å². The topological polar surface area (TPSA) is 29.0 Å². The third-order valence-corrected chi connectivity index (χ3v) is 1.71. The van der Waals surface area contributed by atoms with Crippen LogP contribution in [0.1, 0.15) is 19.7 Å². The predicted molar refractivity (Wildman–Crippen MR) is 53.2 cm³/mol. The third-order valence-electron chi connectivity index (χ3n) is 1.71. The maximum Gasteiger partial charge on any atom is 0.142 e. The summed E-state index contributed by atoms with van der Waals surface area (Å²) in [5.41, 5.74) is 0. The number of nitrogens with zero attached hydrogens (tertiary/aromatic N) is 3. The molecule has 3 heteroatoms. The summed E-state index contributed by atoms with van der Waals surface area (Å²) in [6.07, 6.45) is 3.57. The molecule has 0 bridgehead atoms. The highest BCUT2D eigenvalue weighted by molar-refractivity contribution is 4.87. The molecule has 72 valence electrons. The number of aromatic nitrogens is 2. The van der Waals surface area contributed by atoms with E-state index in [1.165, 1.54) is 0 Å². The van der Waals surface area contributed by atoms with Gasteiger partial charge in [0.15, 0.2) is 0 Å². The maximum atomic E-state index is 4.17. The van der Waals surface area contributed by atoms with Gasteiger partial charge in [-0.25, -0.2) is 9.97 Å². The number of rotatable bonds is 4. The van der Waals surface area contributed by atoms with E-state index in [1.54, 1.807) is 12.4 Å². The maximum absolute atomic E-state index is 4.17. The second-order valence-electron chi connectivity index (χ2n) is 3.76. The lowest BCUT2D eigenvalue weighted by molar-refractivity contribution is 0.282. The van der Waals surface area contributed by atoms with E-state index in [-0.39, 0.29) is 0 Å². The SMILES string of the molecule is CC(C)CN(C)Cc1ncccn1. The van der Waals surface area contributed by atoms with Crippen molar-refractivity contribution in [1.82, 2.24) is 14.9 Å². The molecule has 1 aromatic rings. The van der Waals surface area contributed by atoms with E-state index >= 15 is 0 Å². The molecule has 0 aliphatic rings. The molecule has 0 saturated carbocycles. The van der Waals surface area contributed by atoms with Crippen LogP contribution in [0.25, 0.3) is 0 Å². The van der Waals surface area contributed by atoms with Gasteiger partial charge < -0.3 is 0 Å². The summed E-state index contributed by atoms with van der Waals surface area (Å²) in [6, 6.07) is 1.84. The molecule has 0 atom stereocenters. The fourth-order valence-electron chi connectivity index (χ4n) is 1.34. The summed E-state index contributed by atoms with van der Waals surface area (Å²) in [6.45, 7) is 6.34. The van der Waals surface area contributed by atoms with E-state index in [1.807, 2.05) is 6.07 Å². The third kappa shape index (κ3) is 3.99. The van der Waals surface area contributed by atoms with Crippen LogP contribution in [-0.2, 0) is 6.54 Å². The normalized spacial score (nSPS) is 11.2. The van der Waals surface area contributed by atoms with Crippen molar-refractivity contribution in [3.05, 3.63) is 24.3 Å². The van der Waals surface area contributed by atoms with Gasteiger partial charge in [-0.1, -0.05) is 13.8 Å². The van der Waals surface area contributed by atoms with Crippen molar-refractivity contribution in [3.63, 3.8) is 0 Å². The summed E-state index contributed by atoms with van der Waals surface area (Å²) in [5.74, 6) is 1.58. The first kappa shape index (κ1) is 10.1. The highest BCUT2D eigenvalue weighted by atomic mass is 15.1. The fourth-order valence-corrected chi connectivity index (χ4v) is 1.34. The average Bonchev–Trinajstić information content (AvgIpc) is 2.04. The van der Waals surface area contributed by atoms with Crippen molar-refractivity contribution >= 4 is 0 Å². The zero-order valence-electron chi connectivity index (χ0n) is 8.57. The first-order valence-electron chi connectivity index (χ1n) is 4.63. The van der Waals surface area contributed by atoms with Gasteiger partial charge in [-0.2, -0.15) is 0 Å². The Balaban J connectivity index is 2.41. The van der Waals surface area contributed by atoms with Gasteiger partial charge in [0.1, 0.15) is 5.82 Å². The zero-order chi connectivity index (χ0) is 9.68. The largest absolute Gasteiger partial charge is 0.299 e. The molecule has 0 radical (unpaired) electrons. The van der Waals surface area contributed by atoms with Gasteiger partial charge in [0, 0.05) is 18.9 Å². The second kappa shape index (κ2) is 4.92. The Morgan fingerprint density at radius 1 is 1.31 bits per heavy atom. The molecule has 0 aliphatic heterocycles. The molecule has 0 amide bonds. The smallest absolute Gasteiger partial charge is 0.142 e. The average molecular weight is 179 g/mol. The van der Waals surface area contributed by atoms with Gasteiger partial charge in [0.25, 0.3) is 0 Å². The van der Waals surface area contributed by atoms with E-state index in [2.05, 4.69) is 35.8 Å². The molecular formula is C10H17N3. The van der Waals surface area contributed by atoms with Crippen LogP contribution in [0.4, 0.5) is 0 Å². The minimum absolute atomic E-state index is 0.689. The molecule has 0 spiro atoms. The summed E-state index contributed by atoms with van der Waals surface area (Å²) in [5, 5.41) is 0. The van der Waals surface area contributed by atoms with E-state index in [9.17, 15) is 0 Å². The molecule has 0 aliphatic carbocycles. The highest BCUT2D eigenvalue weighted by Crippen LogP contribution is 1.99. The Labute approximate surface area is 79.8 Å². The molecular weight excluding hydrogens is 162 g/mol. The van der Waals surface area contributed by atoms with Crippen molar-refractivity contribution in [2.75, 3.05) is 13.6 Å². The predicted octanol–water partition coefficient (Wildman–Crippen LogP) is 1.56. The molecule has 0 unspecified atom stereocenters. The van der Waals surface area contributed by atoms with Crippen molar-refractivity contribution < 1.29 is 0 Å². The molecule has 0 aromatic carbocycles. The molecule has 0 fully saturated rings. The highest BCUT2D eigenvalue weighted by Gasteiger charge is 2.03. The fraction of sp³-hybridized carbons (Fsp3) is 0.600. The van der Waals surface area contributed by atoms with Crippen LogP contribution in [0.2, 0.25) is 0 Å². The van der Waals surface area contributed by atoms with Crippen LogP contribution >= 0.6 is 0 Å². The van der Waals surface area contributed by atoms with Gasteiger partial charge in [0.05, 0.1) is 6.54 Å². The van der Waals surface area contributed by atoms with E-state index in [0.29, 0.717) is 5.92 Å². The Morgan fingerprint density at radius 3 is 2.46 bits per heavy atom. The standard InChI is InChI=1S/C10H17N3/c1-9(2)7-13(3)8-10-11-5-4-6-12-10/h4-6,9H,7-8H2,1-3H3. The van der Waals surface area contributed by atoms with Crippen LogP contribution < -0.4 is 0 Å². The first-order valence-corrected chi connectivity index (χ1v) is 4.63. The molecule has 3 nitrogen and oxygen atoms in total. The summed E-state index contributed by atoms with van der Waals surface area (Å²) >= 11 is 0. The molecule has 1 heterocycles. The van der Waals surface area contributed by atoms with Gasteiger partial charge in [-0.05, 0) is 19.0 Å². The summed E-state index contributed by atoms with van der Waals surface area (Å²) in [7, 11) is 2.09. The van der Waals surface area contributed by atoms with E-state index in [0.717, 1.165) is 18.9 Å². The van der Waals surface area contributed by atoms with Crippen LogP contribution in [0.15, 0.2) is 18.5 Å². The lowest BCUT2D eigenvalue weighted by Gasteiger charge is -2.17. The molecule has 0 saturated heterocycles. The van der Waals surface area contributed by atoms with Crippen molar-refractivity contribution in [2.45, 2.75) is 20.4 Å². The van der Waals surface area contributed by atoms with Crippen molar-refractivity contribution in [2.24, 2.45) is 5.92 Å². The quantitative estimate of drug-likeness (QED) is 0.702. The van der Waals surface area contributed by atoms with Crippen LogP contribution in [0.3, 0.4) is 0 Å². The Bertz CT molecular complexity index is 233. The van der Waals surface area contributed by atoms with Crippen LogP contribution in [0.5, 0.6) is 0 Å². The number of hydrogen-bond acceptors (Lipinski definition) is 3. The van der Waals surface area contributed by atoms with Crippen molar-refractivity contribution in [1.29, 1.82) is 0 Å². The number of hydrogen-bond donors (Lipinski definition) is 0. The van der Waals surface area contributed by atoms with E-state index in [4.69, 9.17) is 0 Å². The molecule has 13 heavy (non-hydrogen) atoms. The Hall–Kier alpha value is -0.960. The van der Waals surface area contributed by atoms with Gasteiger partial charge >= 0.3 is 0 Å². The minimum Gasteiger partial charge on any atom is -0.299 e. The monoisotopic (exact) mass is 179 g/mol. The first-order chi connectivity index (χ1) is 6.18. The van der Waals surface area contributed by atoms with Gasteiger partial charge in [0.2, 0.25) is 0 Å². The summed E-state index contributed by atoms with van der Waals surface area (Å²) < 4.78 is 0. The van der Waals surface area contributed by atoms with E-state index < -0.39 is 0 Å². The molecule has 0 N–H and O–H groups in total. The van der Waals surface area contributed by atoms with Gasteiger partial charge in [-0.3, -0.25) is 4.90 Å². The minimum atomic E-state index is 0.689. The lowest BCUT2D eigenvalue weighted by Crippen LogP contribution is -2.23. The summed E-state index contributed by atoms with van der Waals surface area (Å²) in [4.78, 5) is 10.6.